The van der Waals surface area contributed by atoms with Crippen LogP contribution in [0.4, 0.5) is 11.4 Å². The maximum absolute atomic E-state index is 12.9. The summed E-state index contributed by atoms with van der Waals surface area (Å²) >= 11 is 6.20. The second-order valence-electron chi connectivity index (χ2n) is 6.82. The van der Waals surface area contributed by atoms with Gasteiger partial charge in [-0.25, -0.2) is 4.90 Å². The maximum atomic E-state index is 12.9. The molecule has 2 amide bonds. The van der Waals surface area contributed by atoms with Crippen molar-refractivity contribution < 1.29 is 9.59 Å². The highest BCUT2D eigenvalue weighted by Gasteiger charge is 2.38. The number of amides is 2. The topological polar surface area (TPSA) is 40.6 Å². The molecule has 0 aromatic heterocycles. The molecule has 1 unspecified atom stereocenters. The molecule has 1 atom stereocenters. The lowest BCUT2D eigenvalue weighted by molar-refractivity contribution is 0.0926. The van der Waals surface area contributed by atoms with Crippen LogP contribution < -0.4 is 9.80 Å². The Labute approximate surface area is 152 Å². The molecule has 4 rings (SSSR count). The number of anilines is 2. The number of hydrogen-bond acceptors (Lipinski definition) is 3. The first-order valence-corrected chi connectivity index (χ1v) is 8.96. The van der Waals surface area contributed by atoms with E-state index in [1.165, 1.54) is 11.3 Å². The van der Waals surface area contributed by atoms with Crippen LogP contribution >= 0.6 is 11.6 Å². The van der Waals surface area contributed by atoms with Crippen LogP contribution in [0.2, 0.25) is 5.02 Å². The van der Waals surface area contributed by atoms with E-state index in [2.05, 4.69) is 11.8 Å². The van der Waals surface area contributed by atoms with Crippen molar-refractivity contribution in [3.8, 4) is 0 Å². The van der Waals surface area contributed by atoms with Crippen LogP contribution in [-0.2, 0) is 0 Å². The summed E-state index contributed by atoms with van der Waals surface area (Å²) in [5, 5.41) is 0.514. The van der Waals surface area contributed by atoms with Crippen LogP contribution in [0.1, 0.15) is 40.5 Å². The van der Waals surface area contributed by atoms with Gasteiger partial charge in [0, 0.05) is 18.1 Å². The van der Waals surface area contributed by atoms with E-state index in [0.717, 1.165) is 25.2 Å². The number of piperidine rings is 1. The number of carbonyl (C=O) groups excluding carboxylic acids is 2. The number of carbonyl (C=O) groups is 2. The molecule has 2 aromatic rings. The second kappa shape index (κ2) is 6.19. The van der Waals surface area contributed by atoms with Crippen LogP contribution in [0, 0.1) is 5.92 Å². The van der Waals surface area contributed by atoms with Gasteiger partial charge in [0.2, 0.25) is 0 Å². The van der Waals surface area contributed by atoms with Crippen molar-refractivity contribution in [3.05, 3.63) is 58.6 Å². The minimum Gasteiger partial charge on any atom is -0.370 e. The molecule has 2 aliphatic heterocycles. The molecule has 128 valence electrons. The summed E-state index contributed by atoms with van der Waals surface area (Å²) in [4.78, 5) is 29.2. The summed E-state index contributed by atoms with van der Waals surface area (Å²) in [7, 11) is 0. The van der Waals surface area contributed by atoms with E-state index in [-0.39, 0.29) is 11.8 Å². The Morgan fingerprint density at radius 2 is 1.68 bits per heavy atom. The third-order valence-corrected chi connectivity index (χ3v) is 5.21. The molecule has 2 heterocycles. The molecule has 4 nitrogen and oxygen atoms in total. The highest BCUT2D eigenvalue weighted by Crippen LogP contribution is 2.38. The first-order valence-electron chi connectivity index (χ1n) is 8.58. The Kier molecular flexibility index (Phi) is 4.00. The Morgan fingerprint density at radius 3 is 2.32 bits per heavy atom. The average Bonchev–Trinajstić information content (AvgIpc) is 2.86. The number of benzene rings is 2. The minimum atomic E-state index is -0.283. The minimum absolute atomic E-state index is 0.283. The van der Waals surface area contributed by atoms with Gasteiger partial charge in [0.25, 0.3) is 11.8 Å². The monoisotopic (exact) mass is 354 g/mol. The Morgan fingerprint density at radius 1 is 1.00 bits per heavy atom. The fourth-order valence-electron chi connectivity index (χ4n) is 3.76. The van der Waals surface area contributed by atoms with Gasteiger partial charge in [0.05, 0.1) is 22.5 Å². The molecule has 2 aliphatic rings. The van der Waals surface area contributed by atoms with Gasteiger partial charge in [-0.2, -0.15) is 0 Å². The van der Waals surface area contributed by atoms with Crippen LogP contribution in [0.3, 0.4) is 0 Å². The molecule has 0 spiro atoms. The van der Waals surface area contributed by atoms with Crippen molar-refractivity contribution in [1.82, 2.24) is 0 Å². The Balaban J connectivity index is 1.80. The van der Waals surface area contributed by atoms with Gasteiger partial charge < -0.3 is 4.90 Å². The third-order valence-electron chi connectivity index (χ3n) is 4.97. The fourth-order valence-corrected chi connectivity index (χ4v) is 3.93. The zero-order chi connectivity index (χ0) is 17.6. The van der Waals surface area contributed by atoms with E-state index in [1.807, 2.05) is 12.1 Å². The number of nitrogens with zero attached hydrogens (tertiary/aromatic N) is 2. The highest BCUT2D eigenvalue weighted by atomic mass is 35.5. The molecule has 5 heteroatoms. The standard InChI is InChI=1S/C20H19ClN2O2/c1-13-5-4-10-22(12-13)17-9-8-14(21)11-18(17)23-19(24)15-6-2-3-7-16(15)20(23)25/h2-3,6-9,11,13H,4-5,10,12H2,1H3. The molecule has 2 aromatic carbocycles. The molecule has 0 bridgehead atoms. The molecular formula is C20H19ClN2O2. The summed E-state index contributed by atoms with van der Waals surface area (Å²) in [6.45, 7) is 4.06. The van der Waals surface area contributed by atoms with Gasteiger partial charge in [0.15, 0.2) is 0 Å². The molecule has 25 heavy (non-hydrogen) atoms. The van der Waals surface area contributed by atoms with Crippen molar-refractivity contribution in [2.24, 2.45) is 5.92 Å². The fraction of sp³-hybridized carbons (Fsp3) is 0.300. The quantitative estimate of drug-likeness (QED) is 0.751. The lowest BCUT2D eigenvalue weighted by Gasteiger charge is -2.35. The highest BCUT2D eigenvalue weighted by molar-refractivity contribution is 6.36. The second-order valence-corrected chi connectivity index (χ2v) is 7.25. The van der Waals surface area contributed by atoms with Crippen LogP contribution in [0.15, 0.2) is 42.5 Å². The summed E-state index contributed by atoms with van der Waals surface area (Å²) < 4.78 is 0. The van der Waals surface area contributed by atoms with Crippen molar-refractivity contribution in [2.45, 2.75) is 19.8 Å². The number of rotatable bonds is 2. The Bertz CT molecular complexity index is 830. The van der Waals surface area contributed by atoms with Crippen LogP contribution in [0.25, 0.3) is 0 Å². The van der Waals surface area contributed by atoms with Gasteiger partial charge >= 0.3 is 0 Å². The average molecular weight is 355 g/mol. The SMILES string of the molecule is CC1CCCN(c2ccc(Cl)cc2N2C(=O)c3ccccc3C2=O)C1. The van der Waals surface area contributed by atoms with Gasteiger partial charge in [0.1, 0.15) is 0 Å². The van der Waals surface area contributed by atoms with Crippen molar-refractivity contribution in [2.75, 3.05) is 22.9 Å². The first-order chi connectivity index (χ1) is 12.1. The lowest BCUT2D eigenvalue weighted by atomic mass is 9.99. The van der Waals surface area contributed by atoms with Gasteiger partial charge in [-0.3, -0.25) is 9.59 Å². The number of fused-ring (bicyclic) bond motifs is 1. The molecular weight excluding hydrogens is 336 g/mol. The van der Waals surface area contributed by atoms with E-state index in [0.29, 0.717) is 27.8 Å². The predicted molar refractivity (Wildman–Crippen MR) is 99.6 cm³/mol. The summed E-state index contributed by atoms with van der Waals surface area (Å²) in [5.74, 6) is 0.0165. The molecule has 0 N–H and O–H groups in total. The van der Waals surface area contributed by atoms with E-state index in [1.54, 1.807) is 30.3 Å². The number of halogens is 1. The number of imide groups is 1. The summed E-state index contributed by atoms with van der Waals surface area (Å²) in [5.41, 5.74) is 2.37. The van der Waals surface area contributed by atoms with Crippen molar-refractivity contribution >= 4 is 34.8 Å². The van der Waals surface area contributed by atoms with Crippen molar-refractivity contribution in [1.29, 1.82) is 0 Å². The zero-order valence-electron chi connectivity index (χ0n) is 14.0. The maximum Gasteiger partial charge on any atom is 0.266 e. The van der Waals surface area contributed by atoms with Gasteiger partial charge in [-0.1, -0.05) is 30.7 Å². The van der Waals surface area contributed by atoms with E-state index >= 15 is 0 Å². The largest absolute Gasteiger partial charge is 0.370 e. The molecule has 0 aliphatic carbocycles. The molecule has 1 fully saturated rings. The van der Waals surface area contributed by atoms with E-state index in [4.69, 9.17) is 11.6 Å². The van der Waals surface area contributed by atoms with E-state index < -0.39 is 0 Å². The lowest BCUT2D eigenvalue weighted by Crippen LogP contribution is -2.37. The van der Waals surface area contributed by atoms with Gasteiger partial charge in [-0.05, 0) is 49.1 Å². The summed E-state index contributed by atoms with van der Waals surface area (Å²) in [6.07, 6.45) is 2.30. The van der Waals surface area contributed by atoms with Crippen LogP contribution in [-0.4, -0.2) is 24.9 Å². The molecule has 0 radical (unpaired) electrons. The van der Waals surface area contributed by atoms with E-state index in [9.17, 15) is 9.59 Å². The smallest absolute Gasteiger partial charge is 0.266 e. The summed E-state index contributed by atoms with van der Waals surface area (Å²) in [6, 6.07) is 12.4. The zero-order valence-corrected chi connectivity index (χ0v) is 14.8. The normalized spacial score (nSPS) is 20.2. The third kappa shape index (κ3) is 2.71. The Hall–Kier alpha value is -2.33. The molecule has 0 saturated carbocycles. The van der Waals surface area contributed by atoms with Crippen molar-refractivity contribution in [3.63, 3.8) is 0 Å². The molecule has 1 saturated heterocycles. The van der Waals surface area contributed by atoms with Gasteiger partial charge in [-0.15, -0.1) is 0 Å². The van der Waals surface area contributed by atoms with Crippen LogP contribution in [0.5, 0.6) is 0 Å². The number of hydrogen-bond donors (Lipinski definition) is 0. The first kappa shape index (κ1) is 16.2. The predicted octanol–water partition coefficient (Wildman–Crippen LogP) is 4.38.